The molecule has 0 aromatic carbocycles. The molecule has 1 fully saturated rings. The van der Waals surface area contributed by atoms with Gasteiger partial charge in [-0.1, -0.05) is 12.8 Å². The van der Waals surface area contributed by atoms with Gasteiger partial charge in [0.25, 0.3) is 5.91 Å². The van der Waals surface area contributed by atoms with Gasteiger partial charge >= 0.3 is 0 Å². The first-order chi connectivity index (χ1) is 9.54. The van der Waals surface area contributed by atoms with Gasteiger partial charge in [-0.25, -0.2) is 0 Å². The Balaban J connectivity index is 2.14. The molecule has 0 spiro atoms. The Hall–Kier alpha value is -1.43. The number of amides is 1. The largest absolute Gasteiger partial charge is 0.492 e. The number of anilines is 2. The van der Waals surface area contributed by atoms with Crippen molar-refractivity contribution in [1.82, 2.24) is 4.90 Å². The number of thiophene rings is 1. The maximum atomic E-state index is 12.1. The van der Waals surface area contributed by atoms with Gasteiger partial charge in [0, 0.05) is 20.6 Å². The molecule has 0 unspecified atom stereocenters. The Morgan fingerprint density at radius 2 is 2.10 bits per heavy atom. The van der Waals surface area contributed by atoms with Crippen molar-refractivity contribution in [2.75, 3.05) is 38.8 Å². The van der Waals surface area contributed by atoms with E-state index in [9.17, 15) is 4.79 Å². The lowest BCUT2D eigenvalue weighted by atomic mass is 10.1. The number of nitrogens with zero attached hydrogens (tertiary/aromatic N) is 1. The van der Waals surface area contributed by atoms with Crippen LogP contribution in [0.15, 0.2) is 0 Å². The minimum Gasteiger partial charge on any atom is -0.492 e. The highest BCUT2D eigenvalue weighted by molar-refractivity contribution is 7.19. The number of rotatable bonds is 5. The van der Waals surface area contributed by atoms with Crippen molar-refractivity contribution in [2.24, 2.45) is 5.92 Å². The maximum absolute atomic E-state index is 12.1. The van der Waals surface area contributed by atoms with Crippen molar-refractivity contribution in [2.45, 2.75) is 25.7 Å². The summed E-state index contributed by atoms with van der Waals surface area (Å²) in [5.41, 5.74) is 6.47. The topological polar surface area (TPSA) is 67.6 Å². The molecule has 20 heavy (non-hydrogen) atoms. The summed E-state index contributed by atoms with van der Waals surface area (Å²) in [6.45, 7) is 0.923. The normalized spacial score (nSPS) is 15.3. The van der Waals surface area contributed by atoms with Crippen LogP contribution in [0.25, 0.3) is 0 Å². The van der Waals surface area contributed by atoms with Crippen molar-refractivity contribution < 1.29 is 9.53 Å². The number of ether oxygens (including phenoxy) is 1. The van der Waals surface area contributed by atoms with Gasteiger partial charge in [-0.05, 0) is 18.8 Å². The third-order valence-electron chi connectivity index (χ3n) is 3.73. The van der Waals surface area contributed by atoms with Gasteiger partial charge in [0.1, 0.15) is 15.6 Å². The van der Waals surface area contributed by atoms with E-state index in [1.807, 2.05) is 0 Å². The summed E-state index contributed by atoms with van der Waals surface area (Å²) in [5, 5.41) is 4.27. The van der Waals surface area contributed by atoms with E-state index in [0.29, 0.717) is 16.3 Å². The number of nitrogens with two attached hydrogens (primary N) is 1. The molecule has 6 heteroatoms. The Labute approximate surface area is 124 Å². The highest BCUT2D eigenvalue weighted by Crippen LogP contribution is 2.43. The molecular weight excluding hydrogens is 274 g/mol. The molecule has 1 aromatic heterocycles. The molecule has 0 bridgehead atoms. The summed E-state index contributed by atoms with van der Waals surface area (Å²) in [4.78, 5) is 14.2. The van der Waals surface area contributed by atoms with Gasteiger partial charge in [-0.2, -0.15) is 0 Å². The molecule has 1 saturated carbocycles. The van der Waals surface area contributed by atoms with Crippen molar-refractivity contribution in [3.63, 3.8) is 0 Å². The average Bonchev–Trinajstić information content (AvgIpc) is 3.03. The van der Waals surface area contributed by atoms with Crippen molar-refractivity contribution in [1.29, 1.82) is 0 Å². The van der Waals surface area contributed by atoms with Crippen LogP contribution < -0.4 is 15.8 Å². The summed E-state index contributed by atoms with van der Waals surface area (Å²) in [6, 6.07) is 0. The van der Waals surface area contributed by atoms with Crippen LogP contribution in [0, 0.1) is 5.92 Å². The third kappa shape index (κ3) is 3.00. The van der Waals surface area contributed by atoms with E-state index in [1.54, 1.807) is 21.2 Å². The van der Waals surface area contributed by atoms with E-state index < -0.39 is 0 Å². The predicted octanol–water partition coefficient (Wildman–Crippen LogP) is 2.64. The van der Waals surface area contributed by atoms with Crippen LogP contribution in [-0.4, -0.2) is 38.6 Å². The Kier molecular flexibility index (Phi) is 4.75. The maximum Gasteiger partial charge on any atom is 0.265 e. The second kappa shape index (κ2) is 6.35. The molecule has 0 radical (unpaired) electrons. The van der Waals surface area contributed by atoms with Gasteiger partial charge in [0.15, 0.2) is 5.75 Å². The number of hydrogen-bond acceptors (Lipinski definition) is 5. The zero-order valence-corrected chi connectivity index (χ0v) is 13.2. The van der Waals surface area contributed by atoms with Crippen molar-refractivity contribution >= 4 is 27.9 Å². The number of carbonyl (C=O) groups excluding carboxylic acids is 1. The first-order valence-corrected chi connectivity index (χ1v) is 7.78. The summed E-state index contributed by atoms with van der Waals surface area (Å²) in [5.74, 6) is 1.23. The lowest BCUT2D eigenvalue weighted by molar-refractivity contribution is 0.0833. The molecule has 0 saturated heterocycles. The van der Waals surface area contributed by atoms with Crippen molar-refractivity contribution in [3.8, 4) is 5.75 Å². The molecule has 1 amide bonds. The van der Waals surface area contributed by atoms with Crippen molar-refractivity contribution in [3.05, 3.63) is 4.88 Å². The monoisotopic (exact) mass is 297 g/mol. The molecular formula is C14H23N3O2S. The highest BCUT2D eigenvalue weighted by Gasteiger charge is 2.24. The SMILES string of the molecule is COc1c(NCC2CCCC2)sc(C(=O)N(C)C)c1N. The Morgan fingerprint density at radius 1 is 1.45 bits per heavy atom. The smallest absolute Gasteiger partial charge is 0.265 e. The fourth-order valence-electron chi connectivity index (χ4n) is 2.56. The van der Waals surface area contributed by atoms with Crippen LogP contribution in [0.4, 0.5) is 10.7 Å². The predicted molar refractivity (Wildman–Crippen MR) is 83.7 cm³/mol. The van der Waals surface area contributed by atoms with Crippen LogP contribution >= 0.6 is 11.3 Å². The Morgan fingerprint density at radius 3 is 2.65 bits per heavy atom. The van der Waals surface area contributed by atoms with E-state index in [0.717, 1.165) is 17.5 Å². The lowest BCUT2D eigenvalue weighted by Crippen LogP contribution is -2.21. The van der Waals surface area contributed by atoms with Crippen LogP contribution in [0.5, 0.6) is 5.75 Å². The lowest BCUT2D eigenvalue weighted by Gasteiger charge is -2.11. The first-order valence-electron chi connectivity index (χ1n) is 6.96. The second-order valence-corrected chi connectivity index (χ2v) is 6.46. The molecule has 0 atom stereocenters. The molecule has 1 aliphatic carbocycles. The minimum absolute atomic E-state index is 0.0836. The second-order valence-electron chi connectivity index (χ2n) is 5.44. The van der Waals surface area contributed by atoms with E-state index in [1.165, 1.54) is 41.9 Å². The molecule has 1 aromatic rings. The quantitative estimate of drug-likeness (QED) is 0.876. The molecule has 1 heterocycles. The summed E-state index contributed by atoms with van der Waals surface area (Å²) >= 11 is 1.38. The molecule has 3 N–H and O–H groups in total. The average molecular weight is 297 g/mol. The number of methoxy groups -OCH3 is 1. The fraction of sp³-hybridized carbons (Fsp3) is 0.643. The number of nitrogen functional groups attached to an aromatic ring is 1. The summed E-state index contributed by atoms with van der Waals surface area (Å²) in [6.07, 6.45) is 5.19. The van der Waals surface area contributed by atoms with Gasteiger partial charge < -0.3 is 20.7 Å². The molecule has 2 rings (SSSR count). The van der Waals surface area contributed by atoms with E-state index in [-0.39, 0.29) is 5.91 Å². The summed E-state index contributed by atoms with van der Waals surface area (Å²) in [7, 11) is 5.03. The van der Waals surface area contributed by atoms with Crippen LogP contribution in [0.2, 0.25) is 0 Å². The van der Waals surface area contributed by atoms with Crippen LogP contribution in [0.3, 0.4) is 0 Å². The minimum atomic E-state index is -0.0836. The van der Waals surface area contributed by atoms with Gasteiger partial charge in [-0.3, -0.25) is 4.79 Å². The van der Waals surface area contributed by atoms with E-state index >= 15 is 0 Å². The van der Waals surface area contributed by atoms with Crippen LogP contribution in [-0.2, 0) is 0 Å². The molecule has 1 aliphatic rings. The summed E-state index contributed by atoms with van der Waals surface area (Å²) < 4.78 is 5.35. The van der Waals surface area contributed by atoms with Crippen LogP contribution in [0.1, 0.15) is 35.4 Å². The van der Waals surface area contributed by atoms with Gasteiger partial charge in [-0.15, -0.1) is 11.3 Å². The third-order valence-corrected chi connectivity index (χ3v) is 4.86. The van der Waals surface area contributed by atoms with Gasteiger partial charge in [0.05, 0.1) is 7.11 Å². The number of nitrogens with one attached hydrogen (secondary N) is 1. The number of carbonyl (C=O) groups is 1. The molecule has 0 aliphatic heterocycles. The van der Waals surface area contributed by atoms with Gasteiger partial charge in [0.2, 0.25) is 0 Å². The zero-order valence-electron chi connectivity index (χ0n) is 12.4. The Bertz CT molecular complexity index is 479. The van der Waals surface area contributed by atoms with E-state index in [2.05, 4.69) is 5.32 Å². The molecule has 112 valence electrons. The first kappa shape index (κ1) is 15.0. The zero-order chi connectivity index (χ0) is 14.7. The fourth-order valence-corrected chi connectivity index (χ4v) is 3.68. The standard InChI is InChI=1S/C14H23N3O2S/c1-17(2)14(18)12-10(15)11(19-3)13(20-12)16-8-9-6-4-5-7-9/h9,16H,4-8,15H2,1-3H3. The number of hydrogen-bond donors (Lipinski definition) is 2. The van der Waals surface area contributed by atoms with E-state index in [4.69, 9.17) is 10.5 Å². The highest BCUT2D eigenvalue weighted by atomic mass is 32.1. The molecule has 5 nitrogen and oxygen atoms in total.